The van der Waals surface area contributed by atoms with E-state index in [0.717, 1.165) is 6.42 Å². The zero-order valence-electron chi connectivity index (χ0n) is 10.0. The summed E-state index contributed by atoms with van der Waals surface area (Å²) in [6.07, 6.45) is 2.79. The van der Waals surface area contributed by atoms with Gasteiger partial charge in [-0.1, -0.05) is 6.08 Å². The highest BCUT2D eigenvalue weighted by atomic mass is 32.2. The summed E-state index contributed by atoms with van der Waals surface area (Å²) in [6, 6.07) is 0. The highest BCUT2D eigenvalue weighted by Gasteiger charge is 2.40. The lowest BCUT2D eigenvalue weighted by Gasteiger charge is -2.13. The average molecular weight is 306 g/mol. The van der Waals surface area contributed by atoms with Crippen LogP contribution in [0.4, 0.5) is 8.78 Å². The molecule has 1 unspecified atom stereocenters. The Bertz CT molecular complexity index is 510. The monoisotopic (exact) mass is 306 g/mol. The number of amides is 1. The van der Waals surface area contributed by atoms with Crippen molar-refractivity contribution in [1.82, 2.24) is 14.8 Å². The largest absolute Gasteiger partial charge is 0.377 e. The molecule has 1 aliphatic rings. The number of nitrogens with zero attached hydrogens (tertiary/aromatic N) is 3. The molecule has 1 amide bonds. The average Bonchev–Trinajstić information content (AvgIpc) is 2.96. The number of nitrogens with two attached hydrogens (primary N) is 1. The number of carbonyl (C=O) groups is 1. The van der Waals surface area contributed by atoms with Gasteiger partial charge in [0.15, 0.2) is 5.16 Å². The minimum Gasteiger partial charge on any atom is -0.364 e. The number of carbonyl (C=O) groups excluding carboxylic acids is 1. The van der Waals surface area contributed by atoms with Crippen LogP contribution in [0.5, 0.6) is 0 Å². The maximum atomic E-state index is 13.3. The minimum atomic E-state index is -3.68. The number of hydrogen-bond donors (Lipinski definition) is 1. The van der Waals surface area contributed by atoms with Crippen LogP contribution >= 0.6 is 23.5 Å². The van der Waals surface area contributed by atoms with E-state index in [1.807, 2.05) is 18.4 Å². The van der Waals surface area contributed by atoms with Crippen LogP contribution in [-0.4, -0.2) is 25.9 Å². The van der Waals surface area contributed by atoms with E-state index in [9.17, 15) is 13.6 Å². The molecule has 0 aliphatic carbocycles. The van der Waals surface area contributed by atoms with Gasteiger partial charge in [-0.3, -0.25) is 4.79 Å². The Morgan fingerprint density at radius 2 is 2.42 bits per heavy atom. The Hall–Kier alpha value is -1.09. The Morgan fingerprint density at radius 3 is 2.95 bits per heavy atom. The second-order valence-electron chi connectivity index (χ2n) is 3.80. The summed E-state index contributed by atoms with van der Waals surface area (Å²) in [7, 11) is 0. The lowest BCUT2D eigenvalue weighted by Crippen LogP contribution is -2.32. The molecule has 0 spiro atoms. The van der Waals surface area contributed by atoms with Gasteiger partial charge in [-0.2, -0.15) is 8.78 Å². The molecule has 0 aromatic carbocycles. The summed E-state index contributed by atoms with van der Waals surface area (Å²) < 4.78 is 28.2. The molecule has 5 nitrogen and oxygen atoms in total. The summed E-state index contributed by atoms with van der Waals surface area (Å²) in [5.41, 5.74) is 4.66. The Morgan fingerprint density at radius 1 is 1.68 bits per heavy atom. The highest BCUT2D eigenvalue weighted by Crippen LogP contribution is 2.40. The molecule has 0 fully saturated rings. The fraction of sp³-hybridized carbons (Fsp3) is 0.500. The topological polar surface area (TPSA) is 73.8 Å². The Balaban J connectivity index is 2.25. The molecule has 104 valence electrons. The molecule has 0 saturated carbocycles. The Labute approximate surface area is 117 Å². The Kier molecular flexibility index (Phi) is 4.14. The van der Waals surface area contributed by atoms with E-state index in [4.69, 9.17) is 0 Å². The number of aromatic nitrogens is 3. The van der Waals surface area contributed by atoms with Gasteiger partial charge >= 0.3 is 5.25 Å². The number of alkyl halides is 2. The molecule has 1 aliphatic heterocycles. The van der Waals surface area contributed by atoms with E-state index in [1.165, 1.54) is 0 Å². The van der Waals surface area contributed by atoms with Crippen molar-refractivity contribution in [2.75, 3.05) is 0 Å². The lowest BCUT2D eigenvalue weighted by atomic mass is 10.3. The molecule has 1 aromatic rings. The molecule has 1 atom stereocenters. The van der Waals surface area contributed by atoms with Crippen LogP contribution in [0.3, 0.4) is 0 Å². The van der Waals surface area contributed by atoms with Gasteiger partial charge in [0.1, 0.15) is 5.82 Å². The highest BCUT2D eigenvalue weighted by molar-refractivity contribution is 8.02. The molecule has 0 bridgehead atoms. The maximum Gasteiger partial charge on any atom is 0.377 e. The summed E-state index contributed by atoms with van der Waals surface area (Å²) in [5, 5.41) is 6.07. The van der Waals surface area contributed by atoms with E-state index in [1.54, 1.807) is 16.3 Å². The smallest absolute Gasteiger partial charge is 0.364 e. The number of allylic oxidation sites excluding steroid dienone is 1. The van der Waals surface area contributed by atoms with Crippen LogP contribution in [0.2, 0.25) is 0 Å². The first-order valence-electron chi connectivity index (χ1n) is 5.56. The normalized spacial score (nSPS) is 19.0. The van der Waals surface area contributed by atoms with Crippen LogP contribution in [0.15, 0.2) is 16.6 Å². The molecule has 9 heteroatoms. The van der Waals surface area contributed by atoms with Crippen molar-refractivity contribution >= 4 is 29.4 Å². The zero-order chi connectivity index (χ0) is 14.0. The molecule has 1 aromatic heterocycles. The van der Waals surface area contributed by atoms with Crippen molar-refractivity contribution in [1.29, 1.82) is 0 Å². The van der Waals surface area contributed by atoms with E-state index >= 15 is 0 Å². The van der Waals surface area contributed by atoms with Crippen LogP contribution < -0.4 is 5.73 Å². The van der Waals surface area contributed by atoms with Crippen molar-refractivity contribution in [2.45, 2.75) is 35.6 Å². The fourth-order valence-corrected chi connectivity index (χ4v) is 3.30. The standard InChI is InChI=1S/C10H12F2N4OS2/c1-2-16-7(6-4-3-5-18-6)14-15-9(16)19-10(11,12)8(13)17/h3,5-6H,2,4H2,1H3,(H2,13,17). The summed E-state index contributed by atoms with van der Waals surface area (Å²) >= 11 is 1.61. The second-order valence-corrected chi connectivity index (χ2v) is 6.00. The van der Waals surface area contributed by atoms with Crippen LogP contribution in [0.1, 0.15) is 24.4 Å². The molecule has 2 N–H and O–H groups in total. The first kappa shape index (κ1) is 14.3. The summed E-state index contributed by atoms with van der Waals surface area (Å²) in [5.74, 6) is -1.04. The van der Waals surface area contributed by atoms with Crippen molar-refractivity contribution < 1.29 is 13.6 Å². The third kappa shape index (κ3) is 2.92. The van der Waals surface area contributed by atoms with Crippen LogP contribution in [-0.2, 0) is 11.3 Å². The van der Waals surface area contributed by atoms with Gasteiger partial charge in [-0.25, -0.2) is 0 Å². The molecular weight excluding hydrogens is 294 g/mol. The molecule has 2 heterocycles. The SMILES string of the molecule is CCn1c(SC(F)(F)C(N)=O)nnc1C1CC=CS1. The van der Waals surface area contributed by atoms with Gasteiger partial charge in [-0.05, 0) is 30.5 Å². The first-order chi connectivity index (χ1) is 8.95. The summed E-state index contributed by atoms with van der Waals surface area (Å²) in [4.78, 5) is 10.7. The zero-order valence-corrected chi connectivity index (χ0v) is 11.7. The van der Waals surface area contributed by atoms with E-state index in [0.29, 0.717) is 12.4 Å². The number of thioether (sulfide) groups is 2. The van der Waals surface area contributed by atoms with Crippen LogP contribution in [0, 0.1) is 0 Å². The van der Waals surface area contributed by atoms with Gasteiger partial charge in [-0.15, -0.1) is 22.0 Å². The number of rotatable bonds is 5. The van der Waals surface area contributed by atoms with E-state index in [2.05, 4.69) is 15.9 Å². The second kappa shape index (κ2) is 5.49. The third-order valence-corrected chi connectivity index (χ3v) is 4.57. The van der Waals surface area contributed by atoms with Gasteiger partial charge in [0.25, 0.3) is 5.91 Å². The van der Waals surface area contributed by atoms with Gasteiger partial charge < -0.3 is 10.3 Å². The van der Waals surface area contributed by atoms with Crippen molar-refractivity contribution in [3.8, 4) is 0 Å². The van der Waals surface area contributed by atoms with E-state index in [-0.39, 0.29) is 22.2 Å². The fourth-order valence-electron chi connectivity index (χ4n) is 1.63. The van der Waals surface area contributed by atoms with Crippen molar-refractivity contribution in [2.24, 2.45) is 5.73 Å². The predicted molar refractivity (Wildman–Crippen MR) is 69.8 cm³/mol. The maximum absolute atomic E-state index is 13.3. The van der Waals surface area contributed by atoms with Gasteiger partial charge in [0, 0.05) is 6.54 Å². The van der Waals surface area contributed by atoms with E-state index < -0.39 is 11.2 Å². The summed E-state index contributed by atoms with van der Waals surface area (Å²) in [6.45, 7) is 2.27. The quantitative estimate of drug-likeness (QED) is 0.844. The minimum absolute atomic E-state index is 0.00815. The van der Waals surface area contributed by atoms with Gasteiger partial charge in [0.05, 0.1) is 5.25 Å². The first-order valence-corrected chi connectivity index (χ1v) is 7.32. The number of halogens is 2. The number of hydrogen-bond acceptors (Lipinski definition) is 5. The molecule has 2 rings (SSSR count). The van der Waals surface area contributed by atoms with Gasteiger partial charge in [0.2, 0.25) is 0 Å². The molecular formula is C10H12F2N4OS2. The van der Waals surface area contributed by atoms with Crippen LogP contribution in [0.25, 0.3) is 0 Å². The predicted octanol–water partition coefficient (Wildman–Crippen LogP) is 2.16. The molecule has 0 radical (unpaired) electrons. The van der Waals surface area contributed by atoms with Crippen molar-refractivity contribution in [3.05, 3.63) is 17.3 Å². The molecule has 0 saturated heterocycles. The third-order valence-electron chi connectivity index (χ3n) is 2.55. The lowest BCUT2D eigenvalue weighted by molar-refractivity contribution is -0.131. The number of primary amides is 1. The molecule has 19 heavy (non-hydrogen) atoms. The van der Waals surface area contributed by atoms with Crippen molar-refractivity contribution in [3.63, 3.8) is 0 Å².